The van der Waals surface area contributed by atoms with Gasteiger partial charge in [-0.3, -0.25) is 13.5 Å². The number of nitrogens with zero attached hydrogens (tertiary/aromatic N) is 2. The van der Waals surface area contributed by atoms with Gasteiger partial charge in [0.05, 0.1) is 17.0 Å². The summed E-state index contributed by atoms with van der Waals surface area (Å²) in [4.78, 5) is 15.0. The summed E-state index contributed by atoms with van der Waals surface area (Å²) in [6, 6.07) is 8.59. The van der Waals surface area contributed by atoms with E-state index in [1.807, 2.05) is 0 Å². The summed E-state index contributed by atoms with van der Waals surface area (Å²) in [6.07, 6.45) is 3.21. The molecule has 134 valence electrons. The van der Waals surface area contributed by atoms with Crippen LogP contribution in [-0.4, -0.2) is 29.9 Å². The summed E-state index contributed by atoms with van der Waals surface area (Å²) in [5.41, 5.74) is 1.09. The minimum absolute atomic E-state index is 0.0801. The van der Waals surface area contributed by atoms with Crippen molar-refractivity contribution in [2.45, 2.75) is 0 Å². The standard InChI is InChI=1S/C16H11ClN2O5S2/c17-15-12(9-2-1-5-18-8-9)7-14(25-15)19(26(23)24)10-3-4-11(16(21)22)13(20)6-10/h1-8,20H,(H,21,22)(H,23,24)/p-1. The molecule has 1 atom stereocenters. The Morgan fingerprint density at radius 1 is 1.31 bits per heavy atom. The predicted molar refractivity (Wildman–Crippen MR) is 98.7 cm³/mol. The molecular formula is C16H10ClN2O5S2-. The molecule has 0 spiro atoms. The molecule has 2 heterocycles. The van der Waals surface area contributed by atoms with E-state index in [2.05, 4.69) is 4.98 Å². The van der Waals surface area contributed by atoms with E-state index < -0.39 is 23.0 Å². The molecule has 0 amide bonds. The van der Waals surface area contributed by atoms with Crippen LogP contribution < -0.4 is 4.31 Å². The van der Waals surface area contributed by atoms with Crippen LogP contribution in [0.25, 0.3) is 11.1 Å². The number of benzene rings is 1. The highest BCUT2D eigenvalue weighted by atomic mass is 35.5. The van der Waals surface area contributed by atoms with E-state index in [0.29, 0.717) is 9.90 Å². The molecule has 0 saturated heterocycles. The summed E-state index contributed by atoms with van der Waals surface area (Å²) < 4.78 is 24.8. The van der Waals surface area contributed by atoms with E-state index >= 15 is 0 Å². The maximum absolute atomic E-state index is 11.8. The lowest BCUT2D eigenvalue weighted by molar-refractivity contribution is 0.0694. The molecule has 1 unspecified atom stereocenters. The molecule has 0 aliphatic carbocycles. The third-order valence-electron chi connectivity index (χ3n) is 3.44. The average molecular weight is 410 g/mol. The number of carbonyl (C=O) groups is 1. The van der Waals surface area contributed by atoms with Gasteiger partial charge in [-0.25, -0.2) is 4.79 Å². The number of thiophene rings is 1. The van der Waals surface area contributed by atoms with Gasteiger partial charge in [0.1, 0.15) is 20.7 Å². The molecule has 1 aromatic carbocycles. The van der Waals surface area contributed by atoms with Crippen LogP contribution in [0.5, 0.6) is 5.75 Å². The number of phenols is 1. The van der Waals surface area contributed by atoms with Gasteiger partial charge >= 0.3 is 5.97 Å². The quantitative estimate of drug-likeness (QED) is 0.619. The first kappa shape index (κ1) is 18.3. The second-order valence-corrected chi connectivity index (χ2v) is 7.46. The van der Waals surface area contributed by atoms with Gasteiger partial charge in [-0.1, -0.05) is 17.7 Å². The maximum atomic E-state index is 11.8. The van der Waals surface area contributed by atoms with Crippen molar-refractivity contribution in [3.8, 4) is 16.9 Å². The lowest BCUT2D eigenvalue weighted by Gasteiger charge is -2.25. The van der Waals surface area contributed by atoms with Crippen molar-refractivity contribution in [3.05, 3.63) is 58.7 Å². The number of halogens is 1. The third kappa shape index (κ3) is 3.56. The monoisotopic (exact) mass is 409 g/mol. The van der Waals surface area contributed by atoms with Crippen LogP contribution in [0.1, 0.15) is 10.4 Å². The molecule has 0 radical (unpaired) electrons. The smallest absolute Gasteiger partial charge is 0.339 e. The van der Waals surface area contributed by atoms with Crippen LogP contribution in [-0.2, 0) is 11.3 Å². The van der Waals surface area contributed by atoms with E-state index in [-0.39, 0.29) is 16.3 Å². The van der Waals surface area contributed by atoms with Crippen molar-refractivity contribution in [1.82, 2.24) is 4.98 Å². The van der Waals surface area contributed by atoms with Crippen LogP contribution >= 0.6 is 22.9 Å². The Labute approximate surface area is 159 Å². The number of aromatic nitrogens is 1. The predicted octanol–water partition coefficient (Wildman–Crippen LogP) is 3.80. The number of hydrogen-bond donors (Lipinski definition) is 2. The Morgan fingerprint density at radius 2 is 2.08 bits per heavy atom. The van der Waals surface area contributed by atoms with Crippen LogP contribution in [0, 0.1) is 0 Å². The van der Waals surface area contributed by atoms with Gasteiger partial charge in [0.2, 0.25) is 0 Å². The Bertz CT molecular complexity index is 994. The summed E-state index contributed by atoms with van der Waals surface area (Å²) in [7, 11) is 0. The lowest BCUT2D eigenvalue weighted by atomic mass is 10.1. The highest BCUT2D eigenvalue weighted by Crippen LogP contribution is 2.43. The van der Waals surface area contributed by atoms with Crippen molar-refractivity contribution in [2.75, 3.05) is 4.31 Å². The molecule has 7 nitrogen and oxygen atoms in total. The second-order valence-electron chi connectivity index (χ2n) is 5.03. The lowest BCUT2D eigenvalue weighted by Crippen LogP contribution is -2.18. The van der Waals surface area contributed by atoms with Gasteiger partial charge in [-0.05, 0) is 24.3 Å². The van der Waals surface area contributed by atoms with Crippen LogP contribution in [0.15, 0.2) is 48.8 Å². The SMILES string of the molecule is O=C(O)c1ccc(N(c2cc(-c3cccnc3)c(Cl)s2)S(=O)[O-])cc1O. The van der Waals surface area contributed by atoms with E-state index in [9.17, 15) is 18.7 Å². The fourth-order valence-corrected chi connectivity index (χ4v) is 4.31. The van der Waals surface area contributed by atoms with Crippen LogP contribution in [0.2, 0.25) is 4.34 Å². The highest BCUT2D eigenvalue weighted by Gasteiger charge is 2.19. The van der Waals surface area contributed by atoms with Crippen LogP contribution in [0.3, 0.4) is 0 Å². The Hall–Kier alpha value is -2.46. The molecule has 2 aromatic heterocycles. The van der Waals surface area contributed by atoms with Gasteiger partial charge in [-0.15, -0.1) is 11.3 Å². The highest BCUT2D eigenvalue weighted by molar-refractivity contribution is 7.81. The fraction of sp³-hybridized carbons (Fsp3) is 0. The van der Waals surface area contributed by atoms with Crippen molar-refractivity contribution in [1.29, 1.82) is 0 Å². The zero-order valence-electron chi connectivity index (χ0n) is 12.8. The van der Waals surface area contributed by atoms with Gasteiger partial charge < -0.3 is 14.8 Å². The normalized spacial score (nSPS) is 11.9. The summed E-state index contributed by atoms with van der Waals surface area (Å²) in [5, 5.41) is 19.1. The molecule has 10 heteroatoms. The third-order valence-corrected chi connectivity index (χ3v) is 5.61. The number of pyridine rings is 1. The molecule has 3 aromatic rings. The molecule has 0 bridgehead atoms. The molecule has 0 fully saturated rings. The van der Waals surface area contributed by atoms with Gasteiger partial charge in [-0.2, -0.15) is 0 Å². The molecule has 3 rings (SSSR count). The Morgan fingerprint density at radius 3 is 2.65 bits per heavy atom. The van der Waals surface area contributed by atoms with E-state index in [1.54, 1.807) is 30.6 Å². The van der Waals surface area contributed by atoms with E-state index in [0.717, 1.165) is 33.3 Å². The van der Waals surface area contributed by atoms with E-state index in [1.165, 1.54) is 6.07 Å². The Kier molecular flexibility index (Phi) is 5.23. The first-order valence-corrected chi connectivity index (χ1v) is 9.26. The molecule has 0 saturated carbocycles. The van der Waals surface area contributed by atoms with Gasteiger partial charge in [0.25, 0.3) is 0 Å². The first-order valence-electron chi connectivity index (χ1n) is 7.04. The topological polar surface area (TPSA) is 114 Å². The molecule has 2 N–H and O–H groups in total. The van der Waals surface area contributed by atoms with Crippen molar-refractivity contribution >= 4 is 50.9 Å². The minimum atomic E-state index is -2.72. The number of aromatic hydroxyl groups is 1. The number of carboxylic acids is 1. The largest absolute Gasteiger partial charge is 0.755 e. The summed E-state index contributed by atoms with van der Waals surface area (Å²) in [6.45, 7) is 0. The number of rotatable bonds is 5. The van der Waals surface area contributed by atoms with E-state index in [4.69, 9.17) is 16.7 Å². The van der Waals surface area contributed by atoms with Crippen molar-refractivity contribution < 1.29 is 23.8 Å². The van der Waals surface area contributed by atoms with Crippen molar-refractivity contribution in [2.24, 2.45) is 0 Å². The number of aromatic carboxylic acids is 1. The zero-order valence-corrected chi connectivity index (χ0v) is 15.2. The second kappa shape index (κ2) is 7.42. The van der Waals surface area contributed by atoms with Crippen molar-refractivity contribution in [3.63, 3.8) is 0 Å². The molecule has 0 aliphatic rings. The van der Waals surface area contributed by atoms with Gasteiger partial charge in [0, 0.05) is 29.6 Å². The molecule has 26 heavy (non-hydrogen) atoms. The number of anilines is 2. The molecule has 0 aliphatic heterocycles. The first-order chi connectivity index (χ1) is 12.4. The summed E-state index contributed by atoms with van der Waals surface area (Å²) >= 11 is 4.56. The minimum Gasteiger partial charge on any atom is -0.755 e. The number of hydrogen-bond acceptors (Lipinski definition) is 6. The maximum Gasteiger partial charge on any atom is 0.339 e. The van der Waals surface area contributed by atoms with Gasteiger partial charge in [0.15, 0.2) is 0 Å². The fourth-order valence-electron chi connectivity index (χ4n) is 2.29. The summed E-state index contributed by atoms with van der Waals surface area (Å²) in [5.74, 6) is -1.86. The number of carboxylic acid groups (broad SMARTS) is 1. The average Bonchev–Trinajstić information content (AvgIpc) is 2.96. The Balaban J connectivity index is 2.06. The zero-order chi connectivity index (χ0) is 18.8. The van der Waals surface area contributed by atoms with Crippen LogP contribution in [0.4, 0.5) is 10.7 Å². The molecular weight excluding hydrogens is 400 g/mol.